The molecule has 1 saturated heterocycles. The van der Waals surface area contributed by atoms with E-state index in [1.807, 2.05) is 24.3 Å². The van der Waals surface area contributed by atoms with Crippen LogP contribution in [0.4, 0.5) is 4.79 Å². The second kappa shape index (κ2) is 4.98. The number of likely N-dealkylation sites (tertiary alicyclic amines) is 1. The van der Waals surface area contributed by atoms with Crippen molar-refractivity contribution in [3.63, 3.8) is 0 Å². The second-order valence-electron chi connectivity index (χ2n) is 5.68. The number of piperidine rings is 1. The van der Waals surface area contributed by atoms with Crippen molar-refractivity contribution in [1.29, 1.82) is 0 Å². The Hall–Kier alpha value is -1.75. The van der Waals surface area contributed by atoms with Gasteiger partial charge in [0.05, 0.1) is 6.61 Å². The van der Waals surface area contributed by atoms with Crippen molar-refractivity contribution in [2.24, 2.45) is 0 Å². The zero-order chi connectivity index (χ0) is 14.2. The van der Waals surface area contributed by atoms with Crippen LogP contribution in [0.5, 0.6) is 5.75 Å². The fourth-order valence-electron chi connectivity index (χ4n) is 3.32. The quantitative estimate of drug-likeness (QED) is 0.824. The molecule has 1 amide bonds. The van der Waals surface area contributed by atoms with E-state index in [0.717, 1.165) is 17.7 Å². The molecule has 2 N–H and O–H groups in total. The Kier molecular flexibility index (Phi) is 3.30. The standard InChI is InChI=1S/C15H19NO4/c17-10-11-9-15(5-7-16(8-6-15)14(18)19)20-13-4-2-1-3-12(11)13/h1-4,11,17H,5-10H2,(H,18,19). The molecule has 1 spiro atoms. The van der Waals surface area contributed by atoms with Gasteiger partial charge in [-0.2, -0.15) is 0 Å². The van der Waals surface area contributed by atoms with Crippen molar-refractivity contribution in [2.75, 3.05) is 19.7 Å². The van der Waals surface area contributed by atoms with Gasteiger partial charge < -0.3 is 19.8 Å². The molecule has 0 bridgehead atoms. The molecule has 108 valence electrons. The second-order valence-corrected chi connectivity index (χ2v) is 5.68. The molecule has 1 unspecified atom stereocenters. The molecule has 0 aliphatic carbocycles. The summed E-state index contributed by atoms with van der Waals surface area (Å²) < 4.78 is 6.19. The molecule has 5 heteroatoms. The van der Waals surface area contributed by atoms with Crippen LogP contribution in [0.2, 0.25) is 0 Å². The van der Waals surface area contributed by atoms with Crippen molar-refractivity contribution < 1.29 is 19.7 Å². The third-order valence-corrected chi connectivity index (χ3v) is 4.47. The highest BCUT2D eigenvalue weighted by Gasteiger charge is 2.43. The van der Waals surface area contributed by atoms with Gasteiger partial charge in [0.15, 0.2) is 0 Å². The van der Waals surface area contributed by atoms with Crippen LogP contribution < -0.4 is 4.74 Å². The first-order chi connectivity index (χ1) is 9.63. The Morgan fingerprint density at radius 2 is 2.05 bits per heavy atom. The Balaban J connectivity index is 1.82. The molecule has 2 aliphatic heterocycles. The maximum absolute atomic E-state index is 11.0. The first-order valence-corrected chi connectivity index (χ1v) is 7.00. The molecule has 2 aliphatic rings. The Bertz CT molecular complexity index is 508. The number of amides is 1. The Morgan fingerprint density at radius 1 is 1.35 bits per heavy atom. The van der Waals surface area contributed by atoms with Gasteiger partial charge in [-0.25, -0.2) is 4.79 Å². The summed E-state index contributed by atoms with van der Waals surface area (Å²) in [5.74, 6) is 0.915. The highest BCUT2D eigenvalue weighted by molar-refractivity contribution is 5.65. The molecule has 20 heavy (non-hydrogen) atoms. The summed E-state index contributed by atoms with van der Waals surface area (Å²) in [6.45, 7) is 1.09. The van der Waals surface area contributed by atoms with E-state index in [4.69, 9.17) is 9.84 Å². The zero-order valence-electron chi connectivity index (χ0n) is 11.3. The number of para-hydroxylation sites is 1. The first kappa shape index (κ1) is 13.2. The molecule has 0 saturated carbocycles. The summed E-state index contributed by atoms with van der Waals surface area (Å²) >= 11 is 0. The number of ether oxygens (including phenoxy) is 1. The van der Waals surface area contributed by atoms with Crippen molar-refractivity contribution in [1.82, 2.24) is 4.90 Å². The molecule has 5 nitrogen and oxygen atoms in total. The highest BCUT2D eigenvalue weighted by Crippen LogP contribution is 2.44. The lowest BCUT2D eigenvalue weighted by atomic mass is 9.78. The van der Waals surface area contributed by atoms with Gasteiger partial charge in [-0.3, -0.25) is 0 Å². The van der Waals surface area contributed by atoms with Gasteiger partial charge >= 0.3 is 6.09 Å². The van der Waals surface area contributed by atoms with Gasteiger partial charge in [-0.05, 0) is 18.1 Å². The summed E-state index contributed by atoms with van der Waals surface area (Å²) in [7, 11) is 0. The largest absolute Gasteiger partial charge is 0.487 e. The van der Waals surface area contributed by atoms with Crippen LogP contribution in [-0.2, 0) is 0 Å². The molecule has 2 heterocycles. The topological polar surface area (TPSA) is 70.0 Å². The van der Waals surface area contributed by atoms with Crippen molar-refractivity contribution in [3.8, 4) is 5.75 Å². The Morgan fingerprint density at radius 3 is 2.70 bits per heavy atom. The predicted octanol–water partition coefficient (Wildman–Crippen LogP) is 2.06. The summed E-state index contributed by atoms with van der Waals surface area (Å²) in [5, 5.41) is 18.7. The third kappa shape index (κ3) is 2.22. The lowest BCUT2D eigenvalue weighted by Crippen LogP contribution is -2.51. The number of carboxylic acid groups (broad SMARTS) is 1. The molecule has 3 rings (SSSR count). The monoisotopic (exact) mass is 277 g/mol. The molecule has 1 atom stereocenters. The van der Waals surface area contributed by atoms with Gasteiger partial charge in [0.25, 0.3) is 0 Å². The molecular formula is C15H19NO4. The van der Waals surface area contributed by atoms with Gasteiger partial charge in [-0.15, -0.1) is 0 Å². The van der Waals surface area contributed by atoms with Gasteiger partial charge in [-0.1, -0.05) is 18.2 Å². The minimum Gasteiger partial charge on any atom is -0.487 e. The third-order valence-electron chi connectivity index (χ3n) is 4.47. The number of rotatable bonds is 1. The number of nitrogens with zero attached hydrogens (tertiary/aromatic N) is 1. The van der Waals surface area contributed by atoms with E-state index in [9.17, 15) is 9.90 Å². The minimum atomic E-state index is -0.866. The average molecular weight is 277 g/mol. The van der Waals surface area contributed by atoms with Crippen LogP contribution in [0.3, 0.4) is 0 Å². The number of aliphatic hydroxyl groups excluding tert-OH is 1. The van der Waals surface area contributed by atoms with E-state index in [2.05, 4.69) is 0 Å². The summed E-state index contributed by atoms with van der Waals surface area (Å²) in [4.78, 5) is 12.4. The average Bonchev–Trinajstić information content (AvgIpc) is 2.47. The van der Waals surface area contributed by atoms with Crippen molar-refractivity contribution in [3.05, 3.63) is 29.8 Å². The molecule has 1 aromatic rings. The van der Waals surface area contributed by atoms with E-state index in [1.54, 1.807) is 0 Å². The first-order valence-electron chi connectivity index (χ1n) is 7.00. The van der Waals surface area contributed by atoms with Crippen LogP contribution in [0.15, 0.2) is 24.3 Å². The van der Waals surface area contributed by atoms with E-state index in [-0.39, 0.29) is 18.1 Å². The van der Waals surface area contributed by atoms with Crippen molar-refractivity contribution >= 4 is 6.09 Å². The predicted molar refractivity (Wildman–Crippen MR) is 73.1 cm³/mol. The number of aliphatic hydroxyl groups is 1. The lowest BCUT2D eigenvalue weighted by molar-refractivity contribution is -0.0231. The number of carbonyl (C=O) groups is 1. The normalized spacial score (nSPS) is 24.1. The molecular weight excluding hydrogens is 258 g/mol. The van der Waals surface area contributed by atoms with Gasteiger partial charge in [0.2, 0.25) is 0 Å². The van der Waals surface area contributed by atoms with Gasteiger partial charge in [0, 0.05) is 31.8 Å². The van der Waals surface area contributed by atoms with Crippen LogP contribution in [0, 0.1) is 0 Å². The SMILES string of the molecule is O=C(O)N1CCC2(CC1)CC(CO)c1ccccc1O2. The fourth-order valence-corrected chi connectivity index (χ4v) is 3.32. The summed E-state index contributed by atoms with van der Waals surface area (Å²) in [5.41, 5.74) is 0.731. The summed E-state index contributed by atoms with van der Waals surface area (Å²) in [6.07, 6.45) is 1.26. The van der Waals surface area contributed by atoms with Crippen LogP contribution in [0.25, 0.3) is 0 Å². The number of hydrogen-bond donors (Lipinski definition) is 2. The molecule has 0 radical (unpaired) electrons. The van der Waals surface area contributed by atoms with E-state index < -0.39 is 6.09 Å². The van der Waals surface area contributed by atoms with E-state index >= 15 is 0 Å². The highest BCUT2D eigenvalue weighted by atomic mass is 16.5. The molecule has 1 aromatic carbocycles. The van der Waals surface area contributed by atoms with Crippen LogP contribution >= 0.6 is 0 Å². The summed E-state index contributed by atoms with van der Waals surface area (Å²) in [6, 6.07) is 7.81. The van der Waals surface area contributed by atoms with Crippen molar-refractivity contribution in [2.45, 2.75) is 30.8 Å². The smallest absolute Gasteiger partial charge is 0.407 e. The minimum absolute atomic E-state index is 0.0799. The zero-order valence-corrected chi connectivity index (χ0v) is 11.3. The Labute approximate surface area is 117 Å². The molecule has 0 aromatic heterocycles. The van der Waals surface area contributed by atoms with Crippen LogP contribution in [0.1, 0.15) is 30.7 Å². The van der Waals surface area contributed by atoms with E-state index in [0.29, 0.717) is 25.9 Å². The number of fused-ring (bicyclic) bond motifs is 1. The maximum Gasteiger partial charge on any atom is 0.407 e. The lowest BCUT2D eigenvalue weighted by Gasteiger charge is -2.46. The molecule has 1 fully saturated rings. The van der Waals surface area contributed by atoms with Crippen LogP contribution in [-0.4, -0.2) is 46.5 Å². The van der Waals surface area contributed by atoms with E-state index in [1.165, 1.54) is 4.90 Å². The maximum atomic E-state index is 11.0. The number of benzene rings is 1. The van der Waals surface area contributed by atoms with Gasteiger partial charge in [0.1, 0.15) is 11.4 Å². The fraction of sp³-hybridized carbons (Fsp3) is 0.533. The number of hydrogen-bond acceptors (Lipinski definition) is 3.